The summed E-state index contributed by atoms with van der Waals surface area (Å²) in [6.07, 6.45) is 0.240. The molecule has 1 aromatic carbocycles. The number of benzene rings is 1. The van der Waals surface area contributed by atoms with Crippen LogP contribution >= 0.6 is 0 Å². The molecule has 0 bridgehead atoms. The Morgan fingerprint density at radius 2 is 2.17 bits per heavy atom. The zero-order valence-electron chi connectivity index (χ0n) is 10.4. The van der Waals surface area contributed by atoms with E-state index in [1.54, 1.807) is 17.0 Å². The molecule has 1 N–H and O–H groups in total. The number of nitrogens with zero attached hydrogens (tertiary/aromatic N) is 1. The SMILES string of the molecule is CNCCC1OCCN(c2ccc(F)cc2)C1=O. The van der Waals surface area contributed by atoms with Crippen molar-refractivity contribution in [3.05, 3.63) is 30.1 Å². The highest BCUT2D eigenvalue weighted by atomic mass is 19.1. The first-order valence-electron chi connectivity index (χ1n) is 6.05. The first-order valence-corrected chi connectivity index (χ1v) is 6.05. The second-order valence-corrected chi connectivity index (χ2v) is 4.22. The maximum Gasteiger partial charge on any atom is 0.256 e. The molecule has 1 amide bonds. The van der Waals surface area contributed by atoms with E-state index in [1.165, 1.54) is 12.1 Å². The molecule has 0 aromatic heterocycles. The van der Waals surface area contributed by atoms with Crippen molar-refractivity contribution in [1.82, 2.24) is 5.32 Å². The first-order chi connectivity index (χ1) is 8.72. The van der Waals surface area contributed by atoms with Crippen molar-refractivity contribution in [2.75, 3.05) is 31.6 Å². The molecule has 1 heterocycles. The second-order valence-electron chi connectivity index (χ2n) is 4.22. The number of rotatable bonds is 4. The molecule has 5 heteroatoms. The number of nitrogens with one attached hydrogen (secondary N) is 1. The van der Waals surface area contributed by atoms with Crippen molar-refractivity contribution in [3.63, 3.8) is 0 Å². The number of morpholine rings is 1. The van der Waals surface area contributed by atoms with Crippen molar-refractivity contribution < 1.29 is 13.9 Å². The fourth-order valence-electron chi connectivity index (χ4n) is 2.00. The Balaban J connectivity index is 2.08. The molecule has 0 aliphatic carbocycles. The lowest BCUT2D eigenvalue weighted by Gasteiger charge is -2.32. The van der Waals surface area contributed by atoms with E-state index in [-0.39, 0.29) is 11.7 Å². The van der Waals surface area contributed by atoms with Crippen LogP contribution in [-0.4, -0.2) is 38.8 Å². The minimum absolute atomic E-state index is 0.0527. The zero-order valence-corrected chi connectivity index (χ0v) is 10.4. The molecular weight excluding hydrogens is 235 g/mol. The molecule has 98 valence electrons. The highest BCUT2D eigenvalue weighted by Crippen LogP contribution is 2.20. The van der Waals surface area contributed by atoms with E-state index < -0.39 is 6.10 Å². The average Bonchev–Trinajstić information content (AvgIpc) is 2.39. The van der Waals surface area contributed by atoms with Crippen molar-refractivity contribution >= 4 is 11.6 Å². The molecule has 1 aliphatic heterocycles. The minimum atomic E-state index is -0.406. The van der Waals surface area contributed by atoms with Gasteiger partial charge in [0.05, 0.1) is 6.61 Å². The van der Waals surface area contributed by atoms with Crippen molar-refractivity contribution in [2.45, 2.75) is 12.5 Å². The molecule has 0 spiro atoms. The summed E-state index contributed by atoms with van der Waals surface area (Å²) >= 11 is 0. The van der Waals surface area contributed by atoms with Gasteiger partial charge in [-0.05, 0) is 44.3 Å². The molecule has 1 aliphatic rings. The summed E-state index contributed by atoms with van der Waals surface area (Å²) in [7, 11) is 1.84. The van der Waals surface area contributed by atoms with E-state index >= 15 is 0 Å². The Hall–Kier alpha value is -1.46. The van der Waals surface area contributed by atoms with E-state index in [4.69, 9.17) is 4.74 Å². The van der Waals surface area contributed by atoms with Crippen LogP contribution in [-0.2, 0) is 9.53 Å². The molecule has 0 saturated carbocycles. The van der Waals surface area contributed by atoms with E-state index in [2.05, 4.69) is 5.32 Å². The van der Waals surface area contributed by atoms with Crippen LogP contribution in [0.1, 0.15) is 6.42 Å². The van der Waals surface area contributed by atoms with Gasteiger partial charge in [-0.25, -0.2) is 4.39 Å². The topological polar surface area (TPSA) is 41.6 Å². The summed E-state index contributed by atoms with van der Waals surface area (Å²) < 4.78 is 18.3. The molecule has 1 atom stereocenters. The lowest BCUT2D eigenvalue weighted by atomic mass is 10.1. The number of carbonyl (C=O) groups excluding carboxylic acids is 1. The Kier molecular flexibility index (Phi) is 4.28. The maximum absolute atomic E-state index is 12.9. The van der Waals surface area contributed by atoms with Gasteiger partial charge in [-0.1, -0.05) is 0 Å². The van der Waals surface area contributed by atoms with Gasteiger partial charge in [0.25, 0.3) is 5.91 Å². The van der Waals surface area contributed by atoms with Crippen molar-refractivity contribution in [2.24, 2.45) is 0 Å². The summed E-state index contributed by atoms with van der Waals surface area (Å²) in [6.45, 7) is 1.76. The standard InChI is InChI=1S/C13H17FN2O2/c1-15-7-6-12-13(17)16(8-9-18-12)11-4-2-10(14)3-5-11/h2-5,12,15H,6-9H2,1H3. The maximum atomic E-state index is 12.9. The lowest BCUT2D eigenvalue weighted by molar-refractivity contribution is -0.134. The molecule has 1 unspecified atom stereocenters. The van der Waals surface area contributed by atoms with Gasteiger partial charge in [0.1, 0.15) is 11.9 Å². The average molecular weight is 252 g/mol. The van der Waals surface area contributed by atoms with Crippen LogP contribution in [0.5, 0.6) is 0 Å². The van der Waals surface area contributed by atoms with Crippen LogP contribution in [0.4, 0.5) is 10.1 Å². The Morgan fingerprint density at radius 1 is 1.44 bits per heavy atom. The van der Waals surface area contributed by atoms with Crippen molar-refractivity contribution in [3.8, 4) is 0 Å². The van der Waals surface area contributed by atoms with Gasteiger partial charge >= 0.3 is 0 Å². The fourth-order valence-corrected chi connectivity index (χ4v) is 2.00. The zero-order chi connectivity index (χ0) is 13.0. The normalized spacial score (nSPS) is 20.2. The quantitative estimate of drug-likeness (QED) is 0.874. The number of hydrogen-bond acceptors (Lipinski definition) is 3. The van der Waals surface area contributed by atoms with Gasteiger partial charge in [-0.15, -0.1) is 0 Å². The van der Waals surface area contributed by atoms with Gasteiger partial charge < -0.3 is 15.0 Å². The smallest absolute Gasteiger partial charge is 0.256 e. The predicted octanol–water partition coefficient (Wildman–Crippen LogP) is 1.17. The number of amides is 1. The Bertz CT molecular complexity index is 408. The highest BCUT2D eigenvalue weighted by Gasteiger charge is 2.29. The van der Waals surface area contributed by atoms with Crippen molar-refractivity contribution in [1.29, 1.82) is 0 Å². The molecular formula is C13H17FN2O2. The first kappa shape index (κ1) is 13.0. The van der Waals surface area contributed by atoms with Gasteiger partial charge in [-0.2, -0.15) is 0 Å². The fraction of sp³-hybridized carbons (Fsp3) is 0.462. The van der Waals surface area contributed by atoms with E-state index in [1.807, 2.05) is 7.05 Å². The van der Waals surface area contributed by atoms with Gasteiger partial charge in [0, 0.05) is 12.2 Å². The van der Waals surface area contributed by atoms with Gasteiger partial charge in [-0.3, -0.25) is 4.79 Å². The summed E-state index contributed by atoms with van der Waals surface area (Å²) in [6, 6.07) is 5.96. The van der Waals surface area contributed by atoms with Crippen LogP contribution in [0.15, 0.2) is 24.3 Å². The van der Waals surface area contributed by atoms with E-state index in [9.17, 15) is 9.18 Å². The van der Waals surface area contributed by atoms with Crippen LogP contribution in [0.3, 0.4) is 0 Å². The Labute approximate surface area is 106 Å². The summed E-state index contributed by atoms with van der Waals surface area (Å²) in [5, 5.41) is 3.00. The van der Waals surface area contributed by atoms with Crippen LogP contribution in [0.2, 0.25) is 0 Å². The molecule has 1 fully saturated rings. The summed E-state index contributed by atoms with van der Waals surface area (Å²) in [5.74, 6) is -0.353. The van der Waals surface area contributed by atoms with Gasteiger partial charge in [0.15, 0.2) is 0 Å². The number of hydrogen-bond donors (Lipinski definition) is 1. The monoisotopic (exact) mass is 252 g/mol. The molecule has 18 heavy (non-hydrogen) atoms. The number of halogens is 1. The Morgan fingerprint density at radius 3 is 2.83 bits per heavy atom. The predicted molar refractivity (Wildman–Crippen MR) is 67.0 cm³/mol. The third-order valence-electron chi connectivity index (χ3n) is 2.97. The number of anilines is 1. The molecule has 2 rings (SSSR count). The molecule has 4 nitrogen and oxygen atoms in total. The summed E-state index contributed by atoms with van der Waals surface area (Å²) in [5.41, 5.74) is 0.721. The largest absolute Gasteiger partial charge is 0.366 e. The van der Waals surface area contributed by atoms with Crippen LogP contribution in [0.25, 0.3) is 0 Å². The molecule has 1 saturated heterocycles. The van der Waals surface area contributed by atoms with Crippen LogP contribution < -0.4 is 10.2 Å². The number of carbonyl (C=O) groups is 1. The number of ether oxygens (including phenoxy) is 1. The third kappa shape index (κ3) is 2.86. The van der Waals surface area contributed by atoms with E-state index in [0.717, 1.165) is 12.2 Å². The lowest BCUT2D eigenvalue weighted by Crippen LogP contribution is -2.48. The van der Waals surface area contributed by atoms with Gasteiger partial charge in [0.2, 0.25) is 0 Å². The summed E-state index contributed by atoms with van der Waals surface area (Å²) in [4.78, 5) is 13.9. The third-order valence-corrected chi connectivity index (χ3v) is 2.97. The second kappa shape index (κ2) is 5.93. The minimum Gasteiger partial charge on any atom is -0.366 e. The van der Waals surface area contributed by atoms with E-state index in [0.29, 0.717) is 19.6 Å². The highest BCUT2D eigenvalue weighted by molar-refractivity contribution is 5.97. The molecule has 0 radical (unpaired) electrons. The molecule has 1 aromatic rings. The van der Waals surface area contributed by atoms with Crippen LogP contribution in [0, 0.1) is 5.82 Å².